The number of pyridine rings is 1. The second-order valence-electron chi connectivity index (χ2n) is 2.75. The van der Waals surface area contributed by atoms with E-state index in [1.165, 1.54) is 16.8 Å². The van der Waals surface area contributed by atoms with E-state index in [4.69, 9.17) is 0 Å². The first-order chi connectivity index (χ1) is 7.24. The van der Waals surface area contributed by atoms with E-state index in [1.54, 1.807) is 25.7 Å². The molecule has 0 N–H and O–H groups in total. The van der Waals surface area contributed by atoms with Gasteiger partial charge in [0.25, 0.3) is 0 Å². The monoisotopic (exact) mass is 223 g/mol. The molecule has 0 bridgehead atoms. The molecule has 0 aliphatic rings. The minimum Gasteiger partial charge on any atom is -0.264 e. The summed E-state index contributed by atoms with van der Waals surface area (Å²) >= 11 is 1.23. The SMILES string of the molecule is CCSC(=O)N(C)/N=C/c1cccnc1. The van der Waals surface area contributed by atoms with Crippen LogP contribution in [0.4, 0.5) is 4.79 Å². The highest BCUT2D eigenvalue weighted by Crippen LogP contribution is 2.06. The molecular formula is C10H13N3OS. The van der Waals surface area contributed by atoms with Crippen LogP contribution in [0.5, 0.6) is 0 Å². The predicted molar refractivity (Wildman–Crippen MR) is 63.1 cm³/mol. The average Bonchev–Trinajstić information content (AvgIpc) is 2.27. The van der Waals surface area contributed by atoms with Crippen molar-refractivity contribution in [1.82, 2.24) is 9.99 Å². The maximum Gasteiger partial charge on any atom is 0.301 e. The van der Waals surface area contributed by atoms with Gasteiger partial charge >= 0.3 is 5.24 Å². The van der Waals surface area contributed by atoms with Gasteiger partial charge in [0, 0.05) is 25.0 Å². The van der Waals surface area contributed by atoms with Gasteiger partial charge in [0.2, 0.25) is 0 Å². The van der Waals surface area contributed by atoms with Crippen LogP contribution in [0, 0.1) is 0 Å². The van der Waals surface area contributed by atoms with Crippen molar-refractivity contribution in [2.45, 2.75) is 6.92 Å². The highest BCUT2D eigenvalue weighted by Gasteiger charge is 2.04. The number of rotatable bonds is 3. The van der Waals surface area contributed by atoms with E-state index in [0.717, 1.165) is 11.3 Å². The Kier molecular flexibility index (Phi) is 4.83. The summed E-state index contributed by atoms with van der Waals surface area (Å²) in [6, 6.07) is 3.70. The summed E-state index contributed by atoms with van der Waals surface area (Å²) in [6.07, 6.45) is 5.00. The molecule has 0 spiro atoms. The lowest BCUT2D eigenvalue weighted by molar-refractivity contribution is 0.235. The van der Waals surface area contributed by atoms with E-state index < -0.39 is 0 Å². The highest BCUT2D eigenvalue weighted by atomic mass is 32.2. The van der Waals surface area contributed by atoms with Gasteiger partial charge in [0.05, 0.1) is 6.21 Å². The zero-order valence-corrected chi connectivity index (χ0v) is 9.57. The quantitative estimate of drug-likeness (QED) is 0.583. The number of amides is 1. The fourth-order valence-corrected chi connectivity index (χ4v) is 1.35. The van der Waals surface area contributed by atoms with E-state index in [0.29, 0.717) is 0 Å². The second-order valence-corrected chi connectivity index (χ2v) is 3.97. The van der Waals surface area contributed by atoms with Crippen molar-refractivity contribution in [3.63, 3.8) is 0 Å². The Morgan fingerprint density at radius 2 is 2.53 bits per heavy atom. The average molecular weight is 223 g/mol. The molecule has 1 rings (SSSR count). The van der Waals surface area contributed by atoms with Gasteiger partial charge in [-0.25, -0.2) is 5.01 Å². The molecule has 0 radical (unpaired) electrons. The normalized spacial score (nSPS) is 10.5. The Morgan fingerprint density at radius 3 is 3.13 bits per heavy atom. The molecule has 0 fully saturated rings. The van der Waals surface area contributed by atoms with Crippen LogP contribution in [0.3, 0.4) is 0 Å². The van der Waals surface area contributed by atoms with Crippen molar-refractivity contribution in [3.8, 4) is 0 Å². The van der Waals surface area contributed by atoms with Crippen LogP contribution in [0.2, 0.25) is 0 Å². The van der Waals surface area contributed by atoms with E-state index >= 15 is 0 Å². The number of carbonyl (C=O) groups is 1. The largest absolute Gasteiger partial charge is 0.301 e. The van der Waals surface area contributed by atoms with Gasteiger partial charge in [-0.1, -0.05) is 24.8 Å². The van der Waals surface area contributed by atoms with Crippen LogP contribution in [0.15, 0.2) is 29.6 Å². The van der Waals surface area contributed by atoms with Gasteiger partial charge < -0.3 is 0 Å². The maximum atomic E-state index is 11.3. The van der Waals surface area contributed by atoms with Gasteiger partial charge in [0.1, 0.15) is 0 Å². The van der Waals surface area contributed by atoms with Crippen LogP contribution >= 0.6 is 11.8 Å². The number of hydrogen-bond acceptors (Lipinski definition) is 4. The van der Waals surface area contributed by atoms with Gasteiger partial charge in [-0.3, -0.25) is 9.78 Å². The molecule has 0 saturated carbocycles. The second kappa shape index (κ2) is 6.19. The predicted octanol–water partition coefficient (Wildman–Crippen LogP) is 2.22. The first-order valence-electron chi connectivity index (χ1n) is 4.58. The van der Waals surface area contributed by atoms with E-state index in [2.05, 4.69) is 10.1 Å². The van der Waals surface area contributed by atoms with Gasteiger partial charge in [-0.2, -0.15) is 5.10 Å². The molecular weight excluding hydrogens is 210 g/mol. The zero-order chi connectivity index (χ0) is 11.1. The molecule has 15 heavy (non-hydrogen) atoms. The standard InChI is InChI=1S/C10H13N3OS/c1-3-15-10(14)13(2)12-8-9-5-4-6-11-7-9/h4-8H,3H2,1-2H3/b12-8+. The molecule has 0 unspecified atom stereocenters. The molecule has 1 aromatic heterocycles. The van der Waals surface area contributed by atoms with E-state index in [-0.39, 0.29) is 5.24 Å². The van der Waals surface area contributed by atoms with E-state index in [1.807, 2.05) is 19.1 Å². The molecule has 1 amide bonds. The first kappa shape index (κ1) is 11.7. The number of hydrazone groups is 1. The third-order valence-corrected chi connectivity index (χ3v) is 2.40. The molecule has 0 aliphatic heterocycles. The van der Waals surface area contributed by atoms with Crippen molar-refractivity contribution in [1.29, 1.82) is 0 Å². The summed E-state index contributed by atoms with van der Waals surface area (Å²) in [7, 11) is 1.64. The third-order valence-electron chi connectivity index (χ3n) is 1.60. The molecule has 0 atom stereocenters. The molecule has 0 aliphatic carbocycles. The summed E-state index contributed by atoms with van der Waals surface area (Å²) in [6.45, 7) is 1.93. The number of aromatic nitrogens is 1. The van der Waals surface area contributed by atoms with Gasteiger partial charge in [0.15, 0.2) is 0 Å². The number of thioether (sulfide) groups is 1. The molecule has 1 aromatic rings. The fourth-order valence-electron chi connectivity index (χ4n) is 0.870. The smallest absolute Gasteiger partial charge is 0.264 e. The summed E-state index contributed by atoms with van der Waals surface area (Å²) in [5.74, 6) is 0.756. The lowest BCUT2D eigenvalue weighted by atomic mass is 10.3. The van der Waals surface area contributed by atoms with Crippen molar-refractivity contribution >= 4 is 23.2 Å². The Hall–Kier alpha value is -1.36. The number of hydrogen-bond donors (Lipinski definition) is 0. The molecule has 0 aromatic carbocycles. The Bertz CT molecular complexity index is 340. The number of nitrogens with zero attached hydrogens (tertiary/aromatic N) is 3. The van der Waals surface area contributed by atoms with Gasteiger partial charge in [-0.05, 0) is 11.8 Å². The minimum atomic E-state index is -0.0577. The first-order valence-corrected chi connectivity index (χ1v) is 5.57. The summed E-state index contributed by atoms with van der Waals surface area (Å²) in [5, 5.41) is 5.27. The van der Waals surface area contributed by atoms with Crippen LogP contribution < -0.4 is 0 Å². The topological polar surface area (TPSA) is 45.6 Å². The molecule has 1 heterocycles. The van der Waals surface area contributed by atoms with Crippen LogP contribution in [0.25, 0.3) is 0 Å². The Morgan fingerprint density at radius 1 is 1.73 bits per heavy atom. The highest BCUT2D eigenvalue weighted by molar-refractivity contribution is 8.13. The Balaban J connectivity index is 2.54. The van der Waals surface area contributed by atoms with Crippen molar-refractivity contribution in [2.24, 2.45) is 5.10 Å². The van der Waals surface area contributed by atoms with Crippen LogP contribution in [-0.2, 0) is 0 Å². The van der Waals surface area contributed by atoms with Crippen LogP contribution in [-0.4, -0.2) is 34.2 Å². The zero-order valence-electron chi connectivity index (χ0n) is 8.75. The third kappa shape index (κ3) is 4.12. The molecule has 4 nitrogen and oxygen atoms in total. The van der Waals surface area contributed by atoms with Crippen molar-refractivity contribution in [2.75, 3.05) is 12.8 Å². The maximum absolute atomic E-state index is 11.3. The lowest BCUT2D eigenvalue weighted by Gasteiger charge is -2.08. The fraction of sp³-hybridized carbons (Fsp3) is 0.300. The van der Waals surface area contributed by atoms with Gasteiger partial charge in [-0.15, -0.1) is 0 Å². The summed E-state index contributed by atoms with van der Waals surface area (Å²) in [4.78, 5) is 15.3. The molecule has 5 heteroatoms. The summed E-state index contributed by atoms with van der Waals surface area (Å²) in [5.41, 5.74) is 0.874. The van der Waals surface area contributed by atoms with Crippen molar-refractivity contribution in [3.05, 3.63) is 30.1 Å². The lowest BCUT2D eigenvalue weighted by Crippen LogP contribution is -2.16. The van der Waals surface area contributed by atoms with Crippen molar-refractivity contribution < 1.29 is 4.79 Å². The minimum absolute atomic E-state index is 0.0577. The van der Waals surface area contributed by atoms with Crippen LogP contribution in [0.1, 0.15) is 12.5 Å². The molecule has 80 valence electrons. The Labute approximate surface area is 93.4 Å². The van der Waals surface area contributed by atoms with E-state index in [9.17, 15) is 4.79 Å². The number of carbonyl (C=O) groups excluding carboxylic acids is 1. The molecule has 0 saturated heterocycles. The summed E-state index contributed by atoms with van der Waals surface area (Å²) < 4.78 is 0.